The first-order chi connectivity index (χ1) is 11.2. The average molecular weight is 311 g/mol. The monoisotopic (exact) mass is 311 g/mol. The van der Waals surface area contributed by atoms with Crippen LogP contribution < -0.4 is 0 Å². The molecular formula is C18H17NO4. The fraction of sp³-hybridized carbons (Fsp3) is 0.333. The van der Waals surface area contributed by atoms with E-state index in [1.165, 1.54) is 0 Å². The molecule has 0 atom stereocenters. The van der Waals surface area contributed by atoms with Gasteiger partial charge in [-0.3, -0.25) is 14.5 Å². The van der Waals surface area contributed by atoms with Crippen LogP contribution in [0, 0.1) is 6.92 Å². The van der Waals surface area contributed by atoms with Gasteiger partial charge in [0.2, 0.25) is 11.6 Å². The first-order valence-electron chi connectivity index (χ1n) is 7.77. The molecule has 2 aromatic rings. The Kier molecular flexibility index (Phi) is 3.39. The van der Waals surface area contributed by atoms with E-state index in [1.54, 1.807) is 12.1 Å². The molecule has 0 radical (unpaired) electrons. The zero-order chi connectivity index (χ0) is 16.0. The molecule has 1 aliphatic carbocycles. The van der Waals surface area contributed by atoms with Gasteiger partial charge in [0.1, 0.15) is 11.5 Å². The molecule has 1 fully saturated rings. The van der Waals surface area contributed by atoms with Crippen molar-refractivity contribution in [3.8, 4) is 11.3 Å². The highest BCUT2D eigenvalue weighted by atomic mass is 16.5. The Labute approximate surface area is 133 Å². The number of benzene rings is 1. The van der Waals surface area contributed by atoms with Gasteiger partial charge in [0.25, 0.3) is 0 Å². The summed E-state index contributed by atoms with van der Waals surface area (Å²) in [4.78, 5) is 27.0. The lowest BCUT2D eigenvalue weighted by atomic mass is 9.87. The number of furan rings is 1. The normalized spacial score (nSPS) is 18.0. The Balaban J connectivity index is 1.78. The molecule has 5 nitrogen and oxygen atoms in total. The van der Waals surface area contributed by atoms with Gasteiger partial charge >= 0.3 is 0 Å². The first-order valence-corrected chi connectivity index (χ1v) is 7.77. The lowest BCUT2D eigenvalue weighted by Gasteiger charge is -2.25. The SMILES string of the molecule is Cc1c(CN2CCOCC2)oc2c1C(=O)C(=O)c1ccccc1-2. The van der Waals surface area contributed by atoms with Crippen molar-refractivity contribution in [2.75, 3.05) is 26.3 Å². The molecule has 0 N–H and O–H groups in total. The van der Waals surface area contributed by atoms with E-state index in [-0.39, 0.29) is 0 Å². The number of carbonyl (C=O) groups is 2. The van der Waals surface area contributed by atoms with Gasteiger partial charge in [0.15, 0.2) is 0 Å². The Hall–Kier alpha value is -2.24. The molecule has 1 saturated heterocycles. The van der Waals surface area contributed by atoms with Crippen LogP contribution in [0.1, 0.15) is 32.0 Å². The molecule has 23 heavy (non-hydrogen) atoms. The second kappa shape index (κ2) is 5.44. The van der Waals surface area contributed by atoms with E-state index in [1.807, 2.05) is 19.1 Å². The maximum atomic E-state index is 12.5. The third-order valence-corrected chi connectivity index (χ3v) is 4.57. The summed E-state index contributed by atoms with van der Waals surface area (Å²) >= 11 is 0. The Morgan fingerprint density at radius 2 is 1.74 bits per heavy atom. The summed E-state index contributed by atoms with van der Waals surface area (Å²) in [6, 6.07) is 7.13. The number of ketones is 2. The van der Waals surface area contributed by atoms with E-state index in [4.69, 9.17) is 9.15 Å². The van der Waals surface area contributed by atoms with E-state index >= 15 is 0 Å². The lowest BCUT2D eigenvalue weighted by Crippen LogP contribution is -2.35. The zero-order valence-electron chi connectivity index (χ0n) is 12.9. The predicted octanol–water partition coefficient (Wildman–Crippen LogP) is 2.47. The molecule has 2 aliphatic rings. The van der Waals surface area contributed by atoms with Crippen molar-refractivity contribution in [1.82, 2.24) is 4.90 Å². The molecule has 1 aliphatic heterocycles. The Bertz CT molecular complexity index is 799. The second-order valence-corrected chi connectivity index (χ2v) is 5.95. The topological polar surface area (TPSA) is 59.8 Å². The van der Waals surface area contributed by atoms with Gasteiger partial charge < -0.3 is 9.15 Å². The molecule has 5 heteroatoms. The van der Waals surface area contributed by atoms with Crippen LogP contribution in [0.4, 0.5) is 0 Å². The maximum Gasteiger partial charge on any atom is 0.237 e. The van der Waals surface area contributed by atoms with Crippen LogP contribution in [-0.2, 0) is 11.3 Å². The van der Waals surface area contributed by atoms with Crippen molar-refractivity contribution in [2.24, 2.45) is 0 Å². The van der Waals surface area contributed by atoms with Crippen molar-refractivity contribution >= 4 is 11.6 Å². The van der Waals surface area contributed by atoms with E-state index in [0.717, 1.165) is 24.4 Å². The molecule has 0 unspecified atom stereocenters. The van der Waals surface area contributed by atoms with Crippen LogP contribution in [0.25, 0.3) is 11.3 Å². The Morgan fingerprint density at radius 3 is 2.48 bits per heavy atom. The van der Waals surface area contributed by atoms with E-state index in [9.17, 15) is 9.59 Å². The minimum Gasteiger partial charge on any atom is -0.459 e. The van der Waals surface area contributed by atoms with Gasteiger partial charge in [-0.15, -0.1) is 0 Å². The Morgan fingerprint density at radius 1 is 1.04 bits per heavy atom. The molecule has 0 saturated carbocycles. The molecule has 1 aromatic carbocycles. The molecule has 0 spiro atoms. The van der Waals surface area contributed by atoms with E-state index in [0.29, 0.717) is 42.2 Å². The molecule has 0 amide bonds. The minimum atomic E-state index is -0.465. The highest BCUT2D eigenvalue weighted by Gasteiger charge is 2.36. The van der Waals surface area contributed by atoms with Gasteiger partial charge in [-0.1, -0.05) is 24.3 Å². The van der Waals surface area contributed by atoms with Crippen LogP contribution in [0.3, 0.4) is 0 Å². The number of nitrogens with zero attached hydrogens (tertiary/aromatic N) is 1. The fourth-order valence-corrected chi connectivity index (χ4v) is 3.25. The summed E-state index contributed by atoms with van der Waals surface area (Å²) in [5.41, 5.74) is 2.34. The highest BCUT2D eigenvalue weighted by Crippen LogP contribution is 2.38. The third kappa shape index (κ3) is 2.24. The summed E-state index contributed by atoms with van der Waals surface area (Å²) < 4.78 is 11.4. The summed E-state index contributed by atoms with van der Waals surface area (Å²) in [5, 5.41) is 0. The number of carbonyl (C=O) groups excluding carboxylic acids is 2. The standard InChI is InChI=1S/C18H17NO4/c1-11-14(10-19-6-8-22-9-7-19)23-18-13-5-3-2-4-12(13)16(20)17(21)15(11)18/h2-5H,6-10H2,1H3. The second-order valence-electron chi connectivity index (χ2n) is 5.95. The van der Waals surface area contributed by atoms with Gasteiger partial charge in [-0.25, -0.2) is 0 Å². The van der Waals surface area contributed by atoms with Crippen molar-refractivity contribution < 1.29 is 18.7 Å². The number of morpholine rings is 1. The largest absolute Gasteiger partial charge is 0.459 e. The summed E-state index contributed by atoms with van der Waals surface area (Å²) in [6.07, 6.45) is 0. The minimum absolute atomic E-state index is 0.427. The molecule has 0 bridgehead atoms. The van der Waals surface area contributed by atoms with Crippen LogP contribution in [-0.4, -0.2) is 42.8 Å². The lowest BCUT2D eigenvalue weighted by molar-refractivity contribution is 0.0313. The first kappa shape index (κ1) is 14.4. The molecular weight excluding hydrogens is 294 g/mol. The van der Waals surface area contributed by atoms with Crippen LogP contribution in [0.5, 0.6) is 0 Å². The van der Waals surface area contributed by atoms with Crippen molar-refractivity contribution in [3.63, 3.8) is 0 Å². The van der Waals surface area contributed by atoms with Gasteiger partial charge in [-0.2, -0.15) is 0 Å². The average Bonchev–Trinajstić information content (AvgIpc) is 2.91. The number of hydrogen-bond acceptors (Lipinski definition) is 5. The number of rotatable bonds is 2. The van der Waals surface area contributed by atoms with Crippen LogP contribution >= 0.6 is 0 Å². The summed E-state index contributed by atoms with van der Waals surface area (Å²) in [7, 11) is 0. The smallest absolute Gasteiger partial charge is 0.237 e. The van der Waals surface area contributed by atoms with Gasteiger partial charge in [0.05, 0.1) is 25.3 Å². The van der Waals surface area contributed by atoms with Crippen molar-refractivity contribution in [3.05, 3.63) is 46.7 Å². The zero-order valence-corrected chi connectivity index (χ0v) is 12.9. The van der Waals surface area contributed by atoms with Crippen LogP contribution in [0.2, 0.25) is 0 Å². The van der Waals surface area contributed by atoms with Crippen molar-refractivity contribution in [1.29, 1.82) is 0 Å². The number of ether oxygens (including phenoxy) is 1. The molecule has 2 heterocycles. The predicted molar refractivity (Wildman–Crippen MR) is 83.6 cm³/mol. The maximum absolute atomic E-state index is 12.5. The van der Waals surface area contributed by atoms with E-state index in [2.05, 4.69) is 4.90 Å². The highest BCUT2D eigenvalue weighted by molar-refractivity contribution is 6.53. The van der Waals surface area contributed by atoms with Gasteiger partial charge in [-0.05, 0) is 6.92 Å². The number of Topliss-reactive ketones (excluding diaryl/α,β-unsaturated/α-hetero) is 2. The molecule has 1 aromatic heterocycles. The molecule has 118 valence electrons. The summed E-state index contributed by atoms with van der Waals surface area (Å²) in [6.45, 7) is 5.59. The van der Waals surface area contributed by atoms with Gasteiger partial charge in [0, 0.05) is 29.8 Å². The quantitative estimate of drug-likeness (QED) is 0.797. The third-order valence-electron chi connectivity index (χ3n) is 4.57. The number of fused-ring (bicyclic) bond motifs is 3. The number of hydrogen-bond donors (Lipinski definition) is 0. The van der Waals surface area contributed by atoms with Crippen molar-refractivity contribution in [2.45, 2.75) is 13.5 Å². The summed E-state index contributed by atoms with van der Waals surface area (Å²) in [5.74, 6) is 0.379. The van der Waals surface area contributed by atoms with Crippen LogP contribution in [0.15, 0.2) is 28.7 Å². The molecule has 4 rings (SSSR count). The fourth-order valence-electron chi connectivity index (χ4n) is 3.25. The van der Waals surface area contributed by atoms with E-state index < -0.39 is 11.6 Å².